The van der Waals surface area contributed by atoms with Gasteiger partial charge in [-0.2, -0.15) is 4.98 Å². The van der Waals surface area contributed by atoms with E-state index in [-0.39, 0.29) is 17.6 Å². The van der Waals surface area contributed by atoms with E-state index < -0.39 is 0 Å². The highest BCUT2D eigenvalue weighted by Gasteiger charge is 2.28. The van der Waals surface area contributed by atoms with Crippen molar-refractivity contribution in [3.63, 3.8) is 0 Å². The summed E-state index contributed by atoms with van der Waals surface area (Å²) in [6.45, 7) is 6.00. The summed E-state index contributed by atoms with van der Waals surface area (Å²) in [4.78, 5) is 17.3. The van der Waals surface area contributed by atoms with Crippen LogP contribution in [0.1, 0.15) is 43.8 Å². The number of rotatable bonds is 7. The van der Waals surface area contributed by atoms with Gasteiger partial charge in [-0.05, 0) is 42.7 Å². The molecule has 9 nitrogen and oxygen atoms in total. The van der Waals surface area contributed by atoms with E-state index in [1.165, 1.54) is 0 Å². The Hall–Kier alpha value is -3.85. The largest absolute Gasteiger partial charge is 0.489 e. The third-order valence-corrected chi connectivity index (χ3v) is 5.98. The minimum absolute atomic E-state index is 0.202. The first-order valence-electron chi connectivity index (χ1n) is 11.2. The molecule has 4 aromatic rings. The SMILES string of the molecule is Cc1nc(-c2ncc(Oc3ccc(C(C)(C)c4ccc(OC5CC(N)C5)cn4)cc3)cn2)no1. The van der Waals surface area contributed by atoms with Crippen LogP contribution in [0.3, 0.4) is 0 Å². The summed E-state index contributed by atoms with van der Waals surface area (Å²) in [5, 5.41) is 3.82. The van der Waals surface area contributed by atoms with Crippen LogP contribution in [0.25, 0.3) is 11.6 Å². The number of nitrogens with two attached hydrogens (primary N) is 1. The van der Waals surface area contributed by atoms with E-state index >= 15 is 0 Å². The summed E-state index contributed by atoms with van der Waals surface area (Å²) in [6.07, 6.45) is 6.95. The molecule has 3 heterocycles. The maximum Gasteiger partial charge on any atom is 0.240 e. The van der Waals surface area contributed by atoms with Crippen molar-refractivity contribution in [3.05, 3.63) is 72.1 Å². The summed E-state index contributed by atoms with van der Waals surface area (Å²) >= 11 is 0. The molecule has 1 aliphatic rings. The van der Waals surface area contributed by atoms with Crippen molar-refractivity contribution in [1.82, 2.24) is 25.1 Å². The molecule has 5 rings (SSSR count). The Morgan fingerprint density at radius 2 is 1.56 bits per heavy atom. The normalized spacial score (nSPS) is 17.8. The van der Waals surface area contributed by atoms with Gasteiger partial charge in [0.05, 0.1) is 24.3 Å². The predicted molar refractivity (Wildman–Crippen MR) is 125 cm³/mol. The summed E-state index contributed by atoms with van der Waals surface area (Å²) in [6, 6.07) is 12.2. The van der Waals surface area contributed by atoms with Gasteiger partial charge in [0, 0.05) is 18.4 Å². The topological polar surface area (TPSA) is 122 Å². The number of ether oxygens (including phenoxy) is 2. The van der Waals surface area contributed by atoms with Crippen LogP contribution in [-0.4, -0.2) is 37.2 Å². The van der Waals surface area contributed by atoms with Gasteiger partial charge in [-0.3, -0.25) is 4.98 Å². The Balaban J connectivity index is 1.24. The molecule has 0 aliphatic heterocycles. The molecule has 174 valence electrons. The fourth-order valence-corrected chi connectivity index (χ4v) is 3.81. The van der Waals surface area contributed by atoms with Gasteiger partial charge in [0.1, 0.15) is 17.6 Å². The highest BCUT2D eigenvalue weighted by atomic mass is 16.5. The van der Waals surface area contributed by atoms with Crippen molar-refractivity contribution < 1.29 is 14.0 Å². The number of hydrogen-bond acceptors (Lipinski definition) is 9. The molecule has 1 saturated carbocycles. The summed E-state index contributed by atoms with van der Waals surface area (Å²) in [5.74, 6) is 3.16. The summed E-state index contributed by atoms with van der Waals surface area (Å²) in [5.41, 5.74) is 7.62. The van der Waals surface area contributed by atoms with Gasteiger partial charge in [0.15, 0.2) is 5.75 Å². The second-order valence-corrected chi connectivity index (χ2v) is 8.98. The highest BCUT2D eigenvalue weighted by molar-refractivity contribution is 5.43. The lowest BCUT2D eigenvalue weighted by Gasteiger charge is -2.32. The zero-order valence-electron chi connectivity index (χ0n) is 19.3. The molecule has 34 heavy (non-hydrogen) atoms. The molecule has 0 spiro atoms. The lowest BCUT2D eigenvalue weighted by molar-refractivity contribution is 0.100. The highest BCUT2D eigenvalue weighted by Crippen LogP contribution is 2.33. The molecule has 2 N–H and O–H groups in total. The van der Waals surface area contributed by atoms with Crippen LogP contribution in [0.15, 0.2) is 59.5 Å². The lowest BCUT2D eigenvalue weighted by Crippen LogP contribution is -2.43. The molecule has 0 amide bonds. The van der Waals surface area contributed by atoms with Gasteiger partial charge in [-0.1, -0.05) is 31.1 Å². The minimum atomic E-state index is -0.288. The molecule has 0 radical (unpaired) electrons. The Kier molecular flexibility index (Phi) is 5.70. The third kappa shape index (κ3) is 4.60. The molecule has 9 heteroatoms. The fourth-order valence-electron chi connectivity index (χ4n) is 3.81. The smallest absolute Gasteiger partial charge is 0.240 e. The molecule has 1 aromatic carbocycles. The third-order valence-electron chi connectivity index (χ3n) is 5.98. The maximum absolute atomic E-state index is 5.92. The Morgan fingerprint density at radius 3 is 2.15 bits per heavy atom. The van der Waals surface area contributed by atoms with E-state index in [1.54, 1.807) is 25.5 Å². The number of hydrogen-bond donors (Lipinski definition) is 1. The predicted octanol–water partition coefficient (Wildman–Crippen LogP) is 4.22. The van der Waals surface area contributed by atoms with Gasteiger partial charge >= 0.3 is 0 Å². The zero-order valence-corrected chi connectivity index (χ0v) is 19.3. The second kappa shape index (κ2) is 8.83. The number of aromatic nitrogens is 5. The summed E-state index contributed by atoms with van der Waals surface area (Å²) in [7, 11) is 0. The first-order valence-corrected chi connectivity index (χ1v) is 11.2. The number of aryl methyl sites for hydroxylation is 1. The van der Waals surface area contributed by atoms with Crippen molar-refractivity contribution in [3.8, 4) is 28.9 Å². The summed E-state index contributed by atoms with van der Waals surface area (Å²) < 4.78 is 16.8. The molecule has 0 saturated heterocycles. The van der Waals surface area contributed by atoms with Crippen molar-refractivity contribution in [1.29, 1.82) is 0 Å². The lowest BCUT2D eigenvalue weighted by atomic mass is 9.81. The van der Waals surface area contributed by atoms with Crippen LogP contribution in [0, 0.1) is 6.92 Å². The van der Waals surface area contributed by atoms with Gasteiger partial charge < -0.3 is 19.7 Å². The van der Waals surface area contributed by atoms with Gasteiger partial charge in [-0.15, -0.1) is 0 Å². The standard InChI is InChI=1S/C25H26N6O3/c1-15-30-24(31-34-15)23-28-13-21(14-29-23)32-18-6-4-16(5-7-18)25(2,3)22-9-8-19(12-27-22)33-20-10-17(26)11-20/h4-9,12-14,17,20H,10-11,26H2,1-3H3. The maximum atomic E-state index is 5.92. The Labute approximate surface area is 197 Å². The van der Waals surface area contributed by atoms with Crippen LogP contribution in [0.2, 0.25) is 0 Å². The average Bonchev–Trinajstić information content (AvgIpc) is 3.25. The molecule has 3 aromatic heterocycles. The van der Waals surface area contributed by atoms with E-state index in [1.807, 2.05) is 36.4 Å². The Morgan fingerprint density at radius 1 is 0.882 bits per heavy atom. The second-order valence-electron chi connectivity index (χ2n) is 8.98. The van der Waals surface area contributed by atoms with Crippen molar-refractivity contribution in [2.45, 2.75) is 51.2 Å². The van der Waals surface area contributed by atoms with E-state index in [9.17, 15) is 0 Å². The van der Waals surface area contributed by atoms with Gasteiger partial charge in [-0.25, -0.2) is 9.97 Å². The van der Waals surface area contributed by atoms with Crippen molar-refractivity contribution >= 4 is 0 Å². The van der Waals surface area contributed by atoms with E-state index in [0.29, 0.717) is 29.0 Å². The zero-order chi connectivity index (χ0) is 23.7. The minimum Gasteiger partial charge on any atom is -0.489 e. The molecule has 1 fully saturated rings. The van der Waals surface area contributed by atoms with Crippen molar-refractivity contribution in [2.24, 2.45) is 5.73 Å². The van der Waals surface area contributed by atoms with Gasteiger partial charge in [0.2, 0.25) is 17.5 Å². The molecular weight excluding hydrogens is 432 g/mol. The van der Waals surface area contributed by atoms with Crippen LogP contribution < -0.4 is 15.2 Å². The van der Waals surface area contributed by atoms with Crippen LogP contribution in [0.5, 0.6) is 17.2 Å². The quantitative estimate of drug-likeness (QED) is 0.434. The van der Waals surface area contributed by atoms with E-state index in [4.69, 9.17) is 19.7 Å². The fraction of sp³-hybridized carbons (Fsp3) is 0.320. The monoisotopic (exact) mass is 458 g/mol. The van der Waals surface area contributed by atoms with E-state index in [0.717, 1.165) is 29.8 Å². The number of pyridine rings is 1. The average molecular weight is 459 g/mol. The first-order chi connectivity index (χ1) is 16.4. The molecule has 1 aliphatic carbocycles. The molecule has 0 bridgehead atoms. The number of nitrogens with zero attached hydrogens (tertiary/aromatic N) is 5. The van der Waals surface area contributed by atoms with E-state index in [2.05, 4.69) is 38.9 Å². The van der Waals surface area contributed by atoms with Crippen molar-refractivity contribution in [2.75, 3.05) is 0 Å². The van der Waals surface area contributed by atoms with Crippen LogP contribution in [0.4, 0.5) is 0 Å². The molecule has 0 atom stereocenters. The van der Waals surface area contributed by atoms with Gasteiger partial charge in [0.25, 0.3) is 0 Å². The van der Waals surface area contributed by atoms with Crippen LogP contribution >= 0.6 is 0 Å². The molecule has 0 unspecified atom stereocenters. The molecular formula is C25H26N6O3. The number of benzene rings is 1. The van der Waals surface area contributed by atoms with Crippen LogP contribution in [-0.2, 0) is 5.41 Å². The first kappa shape index (κ1) is 22.0. The Bertz CT molecular complexity index is 1250.